The molecule has 0 saturated carbocycles. The lowest BCUT2D eigenvalue weighted by Gasteiger charge is -2.13. The maximum Gasteiger partial charge on any atom is 0.273 e. The van der Waals surface area contributed by atoms with Crippen molar-refractivity contribution in [3.8, 4) is 0 Å². The molecule has 0 radical (unpaired) electrons. The van der Waals surface area contributed by atoms with Crippen LogP contribution in [0, 0.1) is 6.92 Å². The first-order valence-corrected chi connectivity index (χ1v) is 6.93. The monoisotopic (exact) mass is 272 g/mol. The Hall–Kier alpha value is -2.10. The third-order valence-corrected chi connectivity index (χ3v) is 3.23. The summed E-state index contributed by atoms with van der Waals surface area (Å²) in [6.07, 6.45) is 2.22. The van der Waals surface area contributed by atoms with Crippen LogP contribution in [0.3, 0.4) is 0 Å². The van der Waals surface area contributed by atoms with E-state index in [4.69, 9.17) is 4.52 Å². The predicted octanol–water partition coefficient (Wildman–Crippen LogP) is 3.43. The van der Waals surface area contributed by atoms with Crippen LogP contribution in [-0.2, 0) is 6.42 Å². The lowest BCUT2D eigenvalue weighted by atomic mass is 10.0. The lowest BCUT2D eigenvalue weighted by Crippen LogP contribution is -2.26. The first kappa shape index (κ1) is 14.3. The molecule has 1 amide bonds. The average molecular weight is 272 g/mol. The van der Waals surface area contributed by atoms with Gasteiger partial charge < -0.3 is 9.84 Å². The Labute approximate surface area is 119 Å². The second-order valence-electron chi connectivity index (χ2n) is 5.01. The summed E-state index contributed by atoms with van der Waals surface area (Å²) >= 11 is 0. The Morgan fingerprint density at radius 2 is 2.05 bits per heavy atom. The Kier molecular flexibility index (Phi) is 4.56. The number of carbonyl (C=O) groups excluding carboxylic acids is 1. The third-order valence-electron chi connectivity index (χ3n) is 3.23. The molecule has 1 aromatic heterocycles. The Balaban J connectivity index is 2.00. The summed E-state index contributed by atoms with van der Waals surface area (Å²) in [5.74, 6) is 0.415. The van der Waals surface area contributed by atoms with E-state index in [1.807, 2.05) is 6.92 Å². The molecular formula is C16H20N2O2. The number of aromatic nitrogens is 1. The highest BCUT2D eigenvalue weighted by Crippen LogP contribution is 2.15. The molecule has 1 N–H and O–H groups in total. The van der Waals surface area contributed by atoms with E-state index < -0.39 is 0 Å². The number of rotatable bonds is 5. The summed E-state index contributed by atoms with van der Waals surface area (Å²) in [5.41, 5.74) is 2.72. The smallest absolute Gasteiger partial charge is 0.273 e. The maximum absolute atomic E-state index is 12.0. The van der Waals surface area contributed by atoms with Crippen LogP contribution in [0.1, 0.15) is 53.7 Å². The first-order valence-electron chi connectivity index (χ1n) is 6.93. The van der Waals surface area contributed by atoms with Crippen molar-refractivity contribution >= 4 is 5.91 Å². The van der Waals surface area contributed by atoms with Gasteiger partial charge in [-0.1, -0.05) is 42.8 Å². The van der Waals surface area contributed by atoms with Gasteiger partial charge in [0.1, 0.15) is 5.76 Å². The van der Waals surface area contributed by atoms with Gasteiger partial charge >= 0.3 is 0 Å². The van der Waals surface area contributed by atoms with Gasteiger partial charge in [-0.15, -0.1) is 0 Å². The maximum atomic E-state index is 12.0. The molecule has 0 aliphatic carbocycles. The number of hydrogen-bond donors (Lipinski definition) is 1. The van der Waals surface area contributed by atoms with Crippen molar-refractivity contribution in [1.82, 2.24) is 10.5 Å². The molecule has 0 bridgehead atoms. The highest BCUT2D eigenvalue weighted by molar-refractivity contribution is 5.92. The number of carbonyl (C=O) groups is 1. The van der Waals surface area contributed by atoms with E-state index in [2.05, 4.69) is 41.7 Å². The van der Waals surface area contributed by atoms with Gasteiger partial charge in [-0.25, -0.2) is 0 Å². The van der Waals surface area contributed by atoms with E-state index in [9.17, 15) is 4.79 Å². The van der Waals surface area contributed by atoms with E-state index in [1.165, 1.54) is 5.56 Å². The lowest BCUT2D eigenvalue weighted by molar-refractivity contribution is 0.0930. The Morgan fingerprint density at radius 1 is 1.35 bits per heavy atom. The van der Waals surface area contributed by atoms with Gasteiger partial charge in [0.2, 0.25) is 0 Å². The summed E-state index contributed by atoms with van der Waals surface area (Å²) in [7, 11) is 0. The summed E-state index contributed by atoms with van der Waals surface area (Å²) in [4.78, 5) is 12.0. The molecule has 0 saturated heterocycles. The summed E-state index contributed by atoms with van der Waals surface area (Å²) < 4.78 is 4.90. The quantitative estimate of drug-likeness (QED) is 0.907. The van der Waals surface area contributed by atoms with Crippen molar-refractivity contribution in [2.45, 2.75) is 39.7 Å². The van der Waals surface area contributed by atoms with Gasteiger partial charge in [-0.05, 0) is 31.4 Å². The number of nitrogens with zero attached hydrogens (tertiary/aromatic N) is 1. The normalized spacial score (nSPS) is 12.2. The fraction of sp³-hybridized carbons (Fsp3) is 0.375. The van der Waals surface area contributed by atoms with Crippen LogP contribution in [0.2, 0.25) is 0 Å². The van der Waals surface area contributed by atoms with Crippen LogP contribution in [0.4, 0.5) is 0 Å². The van der Waals surface area contributed by atoms with Crippen LogP contribution in [0.5, 0.6) is 0 Å². The number of aryl methyl sites for hydroxylation is 2. The zero-order valence-corrected chi connectivity index (χ0v) is 12.1. The van der Waals surface area contributed by atoms with E-state index >= 15 is 0 Å². The van der Waals surface area contributed by atoms with Crippen LogP contribution >= 0.6 is 0 Å². The number of amides is 1. The zero-order chi connectivity index (χ0) is 14.5. The molecule has 1 atom stereocenters. The van der Waals surface area contributed by atoms with Crippen LogP contribution in [0.15, 0.2) is 34.9 Å². The highest BCUT2D eigenvalue weighted by atomic mass is 16.5. The van der Waals surface area contributed by atoms with E-state index in [1.54, 1.807) is 13.0 Å². The third kappa shape index (κ3) is 3.47. The van der Waals surface area contributed by atoms with Crippen molar-refractivity contribution < 1.29 is 9.32 Å². The predicted molar refractivity (Wildman–Crippen MR) is 77.6 cm³/mol. The fourth-order valence-electron chi connectivity index (χ4n) is 2.09. The standard InChI is InChI=1S/C16H20N2O2/c1-4-5-13-6-8-14(9-7-13)12(3)17-16(19)15-10-11(2)20-18-15/h6-10,12H,4-5H2,1-3H3,(H,17,19)/t12-/m1/s1. The van der Waals surface area contributed by atoms with Gasteiger partial charge in [0.05, 0.1) is 6.04 Å². The van der Waals surface area contributed by atoms with Gasteiger partial charge in [0, 0.05) is 6.07 Å². The largest absolute Gasteiger partial charge is 0.361 e. The minimum Gasteiger partial charge on any atom is -0.361 e. The van der Waals surface area contributed by atoms with Crippen molar-refractivity contribution in [3.05, 3.63) is 52.9 Å². The molecule has 4 heteroatoms. The van der Waals surface area contributed by atoms with Crippen molar-refractivity contribution in [1.29, 1.82) is 0 Å². The fourth-order valence-corrected chi connectivity index (χ4v) is 2.09. The SMILES string of the molecule is CCCc1ccc([C@@H](C)NC(=O)c2cc(C)on2)cc1. The van der Waals surface area contributed by atoms with E-state index in [0.717, 1.165) is 18.4 Å². The summed E-state index contributed by atoms with van der Waals surface area (Å²) in [5, 5.41) is 6.63. The van der Waals surface area contributed by atoms with E-state index in [-0.39, 0.29) is 11.9 Å². The first-order chi connectivity index (χ1) is 9.60. The second-order valence-corrected chi connectivity index (χ2v) is 5.01. The molecule has 1 aromatic carbocycles. The molecule has 2 rings (SSSR count). The van der Waals surface area contributed by atoms with Crippen molar-refractivity contribution in [3.63, 3.8) is 0 Å². The summed E-state index contributed by atoms with van der Waals surface area (Å²) in [6.45, 7) is 5.88. The number of benzene rings is 1. The number of hydrogen-bond acceptors (Lipinski definition) is 3. The molecule has 106 valence electrons. The van der Waals surface area contributed by atoms with Gasteiger partial charge in [0.15, 0.2) is 5.69 Å². The molecular weight excluding hydrogens is 252 g/mol. The summed E-state index contributed by atoms with van der Waals surface area (Å²) in [6, 6.07) is 9.92. The van der Waals surface area contributed by atoms with Crippen LogP contribution in [0.25, 0.3) is 0 Å². The Morgan fingerprint density at radius 3 is 2.60 bits per heavy atom. The Bertz CT molecular complexity index is 572. The zero-order valence-electron chi connectivity index (χ0n) is 12.1. The molecule has 1 heterocycles. The van der Waals surface area contributed by atoms with Crippen molar-refractivity contribution in [2.75, 3.05) is 0 Å². The van der Waals surface area contributed by atoms with Gasteiger partial charge in [-0.2, -0.15) is 0 Å². The van der Waals surface area contributed by atoms with Gasteiger partial charge in [-0.3, -0.25) is 4.79 Å². The van der Waals surface area contributed by atoms with Crippen molar-refractivity contribution in [2.24, 2.45) is 0 Å². The van der Waals surface area contributed by atoms with Gasteiger partial charge in [0.25, 0.3) is 5.91 Å². The molecule has 0 unspecified atom stereocenters. The molecule has 2 aromatic rings. The topological polar surface area (TPSA) is 55.1 Å². The molecule has 0 fully saturated rings. The minimum absolute atomic E-state index is 0.0600. The molecule has 0 spiro atoms. The molecule has 0 aliphatic rings. The second kappa shape index (κ2) is 6.37. The minimum atomic E-state index is -0.216. The molecule has 4 nitrogen and oxygen atoms in total. The average Bonchev–Trinajstić information content (AvgIpc) is 2.86. The molecule has 20 heavy (non-hydrogen) atoms. The van der Waals surface area contributed by atoms with Crippen LogP contribution < -0.4 is 5.32 Å². The molecule has 0 aliphatic heterocycles. The van der Waals surface area contributed by atoms with E-state index in [0.29, 0.717) is 11.5 Å². The number of nitrogens with one attached hydrogen (secondary N) is 1. The van der Waals surface area contributed by atoms with Crippen LogP contribution in [-0.4, -0.2) is 11.1 Å². The highest BCUT2D eigenvalue weighted by Gasteiger charge is 2.14.